The molecule has 0 saturated carbocycles. The van der Waals surface area contributed by atoms with Crippen molar-refractivity contribution in [2.45, 2.75) is 12.8 Å². The molecule has 0 unspecified atom stereocenters. The summed E-state index contributed by atoms with van der Waals surface area (Å²) in [6, 6.07) is 11.3. The van der Waals surface area contributed by atoms with Crippen LogP contribution >= 0.6 is 11.6 Å². The molecule has 158 valence electrons. The molecule has 30 heavy (non-hydrogen) atoms. The van der Waals surface area contributed by atoms with Crippen LogP contribution in [0.25, 0.3) is 0 Å². The topological polar surface area (TPSA) is 68.8 Å². The number of nitrogens with one attached hydrogen (secondary N) is 1. The number of nitrogens with zero attached hydrogens (tertiary/aromatic N) is 4. The van der Waals surface area contributed by atoms with Gasteiger partial charge >= 0.3 is 0 Å². The summed E-state index contributed by atoms with van der Waals surface area (Å²) in [4.78, 5) is 35.9. The lowest BCUT2D eigenvalue weighted by Gasteiger charge is -2.36. The summed E-state index contributed by atoms with van der Waals surface area (Å²) < 4.78 is 0. The van der Waals surface area contributed by atoms with E-state index in [-0.39, 0.29) is 18.4 Å². The van der Waals surface area contributed by atoms with E-state index in [1.807, 2.05) is 24.3 Å². The largest absolute Gasteiger partial charge is 0.368 e. The third kappa shape index (κ3) is 4.67. The van der Waals surface area contributed by atoms with Crippen LogP contribution in [-0.4, -0.2) is 67.5 Å². The molecule has 8 heteroatoms. The molecule has 4 rings (SSSR count). The van der Waals surface area contributed by atoms with Crippen LogP contribution in [0.4, 0.5) is 11.5 Å². The molecule has 2 aliphatic heterocycles. The Labute approximate surface area is 181 Å². The van der Waals surface area contributed by atoms with Crippen LogP contribution in [0.1, 0.15) is 23.2 Å². The average Bonchev–Trinajstić information content (AvgIpc) is 3.32. The van der Waals surface area contributed by atoms with Gasteiger partial charge in [0.15, 0.2) is 0 Å². The van der Waals surface area contributed by atoms with Crippen molar-refractivity contribution in [3.05, 3.63) is 53.2 Å². The van der Waals surface area contributed by atoms with E-state index in [0.29, 0.717) is 29.5 Å². The Morgan fingerprint density at radius 1 is 0.967 bits per heavy atom. The van der Waals surface area contributed by atoms with Crippen molar-refractivity contribution < 1.29 is 9.59 Å². The minimum atomic E-state index is -0.254. The third-order valence-electron chi connectivity index (χ3n) is 5.64. The normalized spacial score (nSPS) is 16.6. The summed E-state index contributed by atoms with van der Waals surface area (Å²) in [5.41, 5.74) is 1.59. The van der Waals surface area contributed by atoms with Crippen LogP contribution in [-0.2, 0) is 4.79 Å². The monoisotopic (exact) mass is 427 g/mol. The minimum Gasteiger partial charge on any atom is -0.368 e. The van der Waals surface area contributed by atoms with E-state index in [4.69, 9.17) is 11.6 Å². The molecular formula is C22H26ClN5O2. The number of piperazine rings is 1. The molecule has 2 saturated heterocycles. The number of carbonyl (C=O) groups is 2. The van der Waals surface area contributed by atoms with E-state index in [9.17, 15) is 9.59 Å². The van der Waals surface area contributed by atoms with Gasteiger partial charge in [-0.2, -0.15) is 0 Å². The second-order valence-electron chi connectivity index (χ2n) is 7.60. The van der Waals surface area contributed by atoms with E-state index in [0.717, 1.165) is 44.7 Å². The molecule has 2 amide bonds. The summed E-state index contributed by atoms with van der Waals surface area (Å²) in [7, 11) is 0. The zero-order chi connectivity index (χ0) is 20.9. The summed E-state index contributed by atoms with van der Waals surface area (Å²) in [5, 5.41) is 3.49. The number of hydrogen-bond donors (Lipinski definition) is 1. The van der Waals surface area contributed by atoms with E-state index in [1.165, 1.54) is 0 Å². The van der Waals surface area contributed by atoms with Gasteiger partial charge < -0.3 is 20.0 Å². The first-order valence-electron chi connectivity index (χ1n) is 10.4. The quantitative estimate of drug-likeness (QED) is 0.793. The lowest BCUT2D eigenvalue weighted by molar-refractivity contribution is -0.130. The van der Waals surface area contributed by atoms with Gasteiger partial charge in [-0.3, -0.25) is 9.59 Å². The standard InChI is InChI=1S/C22H26ClN5O2/c23-17-5-3-6-18(15-17)26-11-13-27(14-12-26)20(29)16-25-22(30)19-7-4-8-24-21(19)28-9-1-2-10-28/h3-8,15H,1-2,9-14,16H2,(H,25,30). The van der Waals surface area contributed by atoms with Gasteiger partial charge in [-0.1, -0.05) is 17.7 Å². The van der Waals surface area contributed by atoms with Crippen molar-refractivity contribution in [2.24, 2.45) is 0 Å². The fourth-order valence-electron chi connectivity index (χ4n) is 4.00. The Morgan fingerprint density at radius 2 is 1.73 bits per heavy atom. The number of pyridine rings is 1. The fraction of sp³-hybridized carbons (Fsp3) is 0.409. The molecule has 1 N–H and O–H groups in total. The zero-order valence-corrected chi connectivity index (χ0v) is 17.6. The highest BCUT2D eigenvalue weighted by atomic mass is 35.5. The van der Waals surface area contributed by atoms with Gasteiger partial charge in [0.05, 0.1) is 12.1 Å². The van der Waals surface area contributed by atoms with Crippen molar-refractivity contribution in [3.63, 3.8) is 0 Å². The number of amides is 2. The van der Waals surface area contributed by atoms with Gasteiger partial charge in [-0.15, -0.1) is 0 Å². The van der Waals surface area contributed by atoms with E-state index in [2.05, 4.69) is 20.1 Å². The number of benzene rings is 1. The molecule has 0 spiro atoms. The Morgan fingerprint density at radius 3 is 2.47 bits per heavy atom. The molecule has 1 aromatic heterocycles. The maximum Gasteiger partial charge on any atom is 0.255 e. The summed E-state index contributed by atoms with van der Waals surface area (Å²) in [5.74, 6) is 0.381. The highest BCUT2D eigenvalue weighted by Crippen LogP contribution is 2.22. The SMILES string of the molecule is O=C(NCC(=O)N1CCN(c2cccc(Cl)c2)CC1)c1cccnc1N1CCCC1. The third-order valence-corrected chi connectivity index (χ3v) is 5.88. The lowest BCUT2D eigenvalue weighted by Crippen LogP contribution is -2.51. The van der Waals surface area contributed by atoms with Gasteiger partial charge in [0, 0.05) is 56.2 Å². The lowest BCUT2D eigenvalue weighted by atomic mass is 10.2. The Bertz CT molecular complexity index is 908. The number of aromatic nitrogens is 1. The molecule has 2 aliphatic rings. The molecule has 1 aromatic carbocycles. The predicted molar refractivity (Wildman–Crippen MR) is 118 cm³/mol. The summed E-state index contributed by atoms with van der Waals surface area (Å²) in [6.07, 6.45) is 3.92. The number of anilines is 2. The number of rotatable bonds is 5. The van der Waals surface area contributed by atoms with Crippen LogP contribution in [0, 0.1) is 0 Å². The van der Waals surface area contributed by atoms with Crippen LogP contribution in [0.3, 0.4) is 0 Å². The molecule has 3 heterocycles. The Kier molecular flexibility index (Phi) is 6.38. The second kappa shape index (κ2) is 9.34. The number of carbonyl (C=O) groups excluding carboxylic acids is 2. The van der Waals surface area contributed by atoms with Gasteiger partial charge in [-0.25, -0.2) is 4.98 Å². The predicted octanol–water partition coefficient (Wildman–Crippen LogP) is 2.41. The van der Waals surface area contributed by atoms with Gasteiger partial charge in [-0.05, 0) is 43.2 Å². The molecule has 0 aliphatic carbocycles. The van der Waals surface area contributed by atoms with Crippen LogP contribution in [0.2, 0.25) is 5.02 Å². The number of hydrogen-bond acceptors (Lipinski definition) is 5. The molecule has 2 aromatic rings. The minimum absolute atomic E-state index is 0.00959. The molecule has 0 bridgehead atoms. The fourth-order valence-corrected chi connectivity index (χ4v) is 4.19. The van der Waals surface area contributed by atoms with E-state index < -0.39 is 0 Å². The van der Waals surface area contributed by atoms with Gasteiger partial charge in [0.2, 0.25) is 5.91 Å². The van der Waals surface area contributed by atoms with Crippen LogP contribution in [0.15, 0.2) is 42.6 Å². The highest BCUT2D eigenvalue weighted by Gasteiger charge is 2.24. The van der Waals surface area contributed by atoms with Gasteiger partial charge in [0.25, 0.3) is 5.91 Å². The molecule has 2 fully saturated rings. The smallest absolute Gasteiger partial charge is 0.255 e. The number of halogens is 1. The first kappa shape index (κ1) is 20.5. The van der Waals surface area contributed by atoms with E-state index in [1.54, 1.807) is 23.2 Å². The molecule has 7 nitrogen and oxygen atoms in total. The first-order chi connectivity index (χ1) is 14.6. The first-order valence-corrected chi connectivity index (χ1v) is 10.8. The van der Waals surface area contributed by atoms with Crippen LogP contribution in [0.5, 0.6) is 0 Å². The Hall–Kier alpha value is -2.80. The molecule has 0 atom stereocenters. The van der Waals surface area contributed by atoms with Crippen molar-refractivity contribution in [1.82, 2.24) is 15.2 Å². The highest BCUT2D eigenvalue weighted by molar-refractivity contribution is 6.30. The summed E-state index contributed by atoms with van der Waals surface area (Å²) in [6.45, 7) is 4.52. The molecule has 0 radical (unpaired) electrons. The van der Waals surface area contributed by atoms with Crippen molar-refractivity contribution in [1.29, 1.82) is 0 Å². The van der Waals surface area contributed by atoms with Gasteiger partial charge in [0.1, 0.15) is 5.82 Å². The zero-order valence-electron chi connectivity index (χ0n) is 16.9. The maximum absolute atomic E-state index is 12.7. The Balaban J connectivity index is 1.30. The van der Waals surface area contributed by atoms with Crippen molar-refractivity contribution in [3.8, 4) is 0 Å². The summed E-state index contributed by atoms with van der Waals surface area (Å²) >= 11 is 6.08. The maximum atomic E-state index is 12.7. The van der Waals surface area contributed by atoms with Crippen molar-refractivity contribution >= 4 is 34.9 Å². The second-order valence-corrected chi connectivity index (χ2v) is 8.04. The van der Waals surface area contributed by atoms with Crippen molar-refractivity contribution in [2.75, 3.05) is 55.6 Å². The van der Waals surface area contributed by atoms with Crippen LogP contribution < -0.4 is 15.1 Å². The average molecular weight is 428 g/mol. The van der Waals surface area contributed by atoms with E-state index >= 15 is 0 Å². The molecular weight excluding hydrogens is 402 g/mol.